The molecule has 1 aliphatic rings. The topological polar surface area (TPSA) is 74.7 Å². The molecule has 0 aromatic carbocycles. The minimum atomic E-state index is -0.810. The number of likely N-dealkylation sites (tertiary alicyclic amines) is 1. The number of aliphatic hydroxyl groups excluding tert-OH is 1. The lowest BCUT2D eigenvalue weighted by atomic mass is 10.2. The number of halogens is 1. The molecule has 1 aliphatic heterocycles. The Balaban J connectivity index is 1.50. The summed E-state index contributed by atoms with van der Waals surface area (Å²) in [6, 6.07) is 5.58. The third kappa shape index (κ3) is 4.19. The summed E-state index contributed by atoms with van der Waals surface area (Å²) in [5, 5.41) is 16.1. The molecule has 0 amide bonds. The highest BCUT2D eigenvalue weighted by Crippen LogP contribution is 2.22. The van der Waals surface area contributed by atoms with E-state index in [1.807, 2.05) is 19.1 Å². The van der Waals surface area contributed by atoms with Gasteiger partial charge in [0.15, 0.2) is 5.76 Å². The molecule has 2 N–H and O–H groups in total. The van der Waals surface area contributed by atoms with Crippen LogP contribution in [0.1, 0.15) is 29.4 Å². The lowest BCUT2D eigenvalue weighted by molar-refractivity contribution is 0.202. The van der Waals surface area contributed by atoms with Gasteiger partial charge in [0.25, 0.3) is 0 Å². The summed E-state index contributed by atoms with van der Waals surface area (Å²) in [5.41, 5.74) is 0.836. The van der Waals surface area contributed by atoms with Crippen molar-refractivity contribution in [3.63, 3.8) is 0 Å². The van der Waals surface area contributed by atoms with Gasteiger partial charge >= 0.3 is 0 Å². The van der Waals surface area contributed by atoms with Crippen molar-refractivity contribution in [2.45, 2.75) is 45.3 Å². The number of aryl methyl sites for hydroxylation is 1. The van der Waals surface area contributed by atoms with Crippen LogP contribution in [0.3, 0.4) is 0 Å². The molecular formula is C16H22FN3O3. The Hall–Kier alpha value is -1.70. The number of hydrogen-bond donors (Lipinski definition) is 2. The maximum absolute atomic E-state index is 13.8. The van der Waals surface area contributed by atoms with E-state index >= 15 is 0 Å². The smallest absolute Gasteiger partial charge is 0.150 e. The SMILES string of the molecule is Cc1cc(CN2C[C@@H](F)C[C@H]2CNCc2ccc(CO)o2)on1. The number of aromatic nitrogens is 1. The van der Waals surface area contributed by atoms with Gasteiger partial charge in [-0.2, -0.15) is 0 Å². The second-order valence-corrected chi connectivity index (χ2v) is 6.01. The van der Waals surface area contributed by atoms with E-state index in [0.717, 1.165) is 17.2 Å². The first kappa shape index (κ1) is 16.2. The van der Waals surface area contributed by atoms with E-state index < -0.39 is 6.17 Å². The predicted molar refractivity (Wildman–Crippen MR) is 81.3 cm³/mol. The largest absolute Gasteiger partial charge is 0.462 e. The number of hydrogen-bond acceptors (Lipinski definition) is 6. The van der Waals surface area contributed by atoms with Gasteiger partial charge in [-0.15, -0.1) is 0 Å². The summed E-state index contributed by atoms with van der Waals surface area (Å²) in [7, 11) is 0. The molecule has 0 spiro atoms. The van der Waals surface area contributed by atoms with Crippen molar-refractivity contribution in [1.82, 2.24) is 15.4 Å². The second-order valence-electron chi connectivity index (χ2n) is 6.01. The lowest BCUT2D eigenvalue weighted by Gasteiger charge is -2.22. The summed E-state index contributed by atoms with van der Waals surface area (Å²) in [6.45, 7) is 3.99. The Morgan fingerprint density at radius 2 is 2.22 bits per heavy atom. The third-order valence-corrected chi connectivity index (χ3v) is 4.06. The first-order valence-corrected chi connectivity index (χ1v) is 7.83. The van der Waals surface area contributed by atoms with Gasteiger partial charge in [0.1, 0.15) is 24.3 Å². The first-order valence-electron chi connectivity index (χ1n) is 7.83. The summed E-state index contributed by atoms with van der Waals surface area (Å²) >= 11 is 0. The van der Waals surface area contributed by atoms with Crippen molar-refractivity contribution in [2.75, 3.05) is 13.1 Å². The molecule has 0 unspecified atom stereocenters. The zero-order valence-corrected chi connectivity index (χ0v) is 13.2. The zero-order chi connectivity index (χ0) is 16.2. The van der Waals surface area contributed by atoms with Crippen molar-refractivity contribution in [1.29, 1.82) is 0 Å². The number of nitrogens with one attached hydrogen (secondary N) is 1. The van der Waals surface area contributed by atoms with Gasteiger partial charge in [-0.1, -0.05) is 5.16 Å². The molecule has 7 heteroatoms. The Labute approximate surface area is 134 Å². The van der Waals surface area contributed by atoms with Crippen LogP contribution in [-0.4, -0.2) is 40.5 Å². The maximum Gasteiger partial charge on any atom is 0.150 e. The van der Waals surface area contributed by atoms with Crippen LogP contribution in [0, 0.1) is 6.92 Å². The quantitative estimate of drug-likeness (QED) is 0.809. The highest BCUT2D eigenvalue weighted by molar-refractivity contribution is 5.06. The lowest BCUT2D eigenvalue weighted by Crippen LogP contribution is -2.37. The van der Waals surface area contributed by atoms with Crippen LogP contribution >= 0.6 is 0 Å². The Bertz CT molecular complexity index is 628. The highest BCUT2D eigenvalue weighted by Gasteiger charge is 2.32. The number of furan rings is 1. The van der Waals surface area contributed by atoms with Crippen molar-refractivity contribution in [3.8, 4) is 0 Å². The maximum atomic E-state index is 13.8. The van der Waals surface area contributed by atoms with Crippen LogP contribution in [-0.2, 0) is 19.7 Å². The van der Waals surface area contributed by atoms with E-state index in [9.17, 15) is 4.39 Å². The van der Waals surface area contributed by atoms with Crippen molar-refractivity contribution < 1.29 is 18.4 Å². The van der Waals surface area contributed by atoms with Gasteiger partial charge in [-0.25, -0.2) is 4.39 Å². The van der Waals surface area contributed by atoms with E-state index in [4.69, 9.17) is 14.0 Å². The van der Waals surface area contributed by atoms with E-state index in [1.165, 1.54) is 0 Å². The minimum Gasteiger partial charge on any atom is -0.462 e. The summed E-state index contributed by atoms with van der Waals surface area (Å²) < 4.78 is 24.4. The standard InChI is InChI=1S/C16H22FN3O3/c1-11-4-16(23-19-11)9-20-8-12(17)5-13(20)6-18-7-14-2-3-15(10-21)22-14/h2-4,12-13,18,21H,5-10H2,1H3/t12-,13-/m0/s1. The molecule has 0 saturated carbocycles. The molecular weight excluding hydrogens is 301 g/mol. The van der Waals surface area contributed by atoms with Gasteiger partial charge in [-0.3, -0.25) is 4.90 Å². The van der Waals surface area contributed by atoms with Crippen LogP contribution in [0.25, 0.3) is 0 Å². The summed E-state index contributed by atoms with van der Waals surface area (Å²) in [5.74, 6) is 2.08. The molecule has 3 heterocycles. The number of aliphatic hydroxyl groups is 1. The van der Waals surface area contributed by atoms with Crippen molar-refractivity contribution in [2.24, 2.45) is 0 Å². The van der Waals surface area contributed by atoms with E-state index in [1.54, 1.807) is 6.07 Å². The fraction of sp³-hybridized carbons (Fsp3) is 0.562. The van der Waals surface area contributed by atoms with Crippen LogP contribution in [0.15, 0.2) is 27.1 Å². The number of rotatable bonds is 7. The molecule has 0 radical (unpaired) electrons. The van der Waals surface area contributed by atoms with Crippen molar-refractivity contribution in [3.05, 3.63) is 41.2 Å². The Kier molecular flexibility index (Phi) is 5.09. The summed E-state index contributed by atoms with van der Waals surface area (Å²) in [4.78, 5) is 2.08. The highest BCUT2D eigenvalue weighted by atomic mass is 19.1. The molecule has 3 rings (SSSR count). The third-order valence-electron chi connectivity index (χ3n) is 4.06. The number of nitrogens with zero attached hydrogens (tertiary/aromatic N) is 2. The molecule has 23 heavy (non-hydrogen) atoms. The van der Waals surface area contributed by atoms with Crippen LogP contribution in [0.5, 0.6) is 0 Å². The summed E-state index contributed by atoms with van der Waals surface area (Å²) in [6.07, 6.45) is -0.296. The van der Waals surface area contributed by atoms with Gasteiger partial charge in [-0.05, 0) is 25.5 Å². The van der Waals surface area contributed by atoms with Gasteiger partial charge < -0.3 is 19.4 Å². The normalized spacial score (nSPS) is 22.0. The van der Waals surface area contributed by atoms with Gasteiger partial charge in [0.2, 0.25) is 0 Å². The van der Waals surface area contributed by atoms with Crippen LogP contribution < -0.4 is 5.32 Å². The van der Waals surface area contributed by atoms with E-state index in [0.29, 0.717) is 38.4 Å². The zero-order valence-electron chi connectivity index (χ0n) is 13.2. The van der Waals surface area contributed by atoms with E-state index in [2.05, 4.69) is 15.4 Å². The van der Waals surface area contributed by atoms with E-state index in [-0.39, 0.29) is 12.6 Å². The molecule has 2 aromatic heterocycles. The van der Waals surface area contributed by atoms with Crippen LogP contribution in [0.2, 0.25) is 0 Å². The fourth-order valence-corrected chi connectivity index (χ4v) is 2.98. The number of alkyl halides is 1. The molecule has 6 nitrogen and oxygen atoms in total. The fourth-order valence-electron chi connectivity index (χ4n) is 2.98. The Morgan fingerprint density at radius 3 is 2.91 bits per heavy atom. The molecule has 2 atom stereocenters. The minimum absolute atomic E-state index is 0.101. The molecule has 1 saturated heterocycles. The van der Waals surface area contributed by atoms with Gasteiger partial charge in [0, 0.05) is 25.2 Å². The average Bonchev–Trinajstić information content (AvgIpc) is 3.21. The molecule has 126 valence electrons. The molecule has 2 aromatic rings. The molecule has 1 fully saturated rings. The molecule has 0 aliphatic carbocycles. The first-order chi connectivity index (χ1) is 11.1. The van der Waals surface area contributed by atoms with Gasteiger partial charge in [0.05, 0.1) is 18.8 Å². The molecule has 0 bridgehead atoms. The monoisotopic (exact) mass is 323 g/mol. The predicted octanol–water partition coefficient (Wildman–Crippen LogP) is 1.77. The van der Waals surface area contributed by atoms with Crippen LogP contribution in [0.4, 0.5) is 4.39 Å². The van der Waals surface area contributed by atoms with Crippen molar-refractivity contribution >= 4 is 0 Å². The average molecular weight is 323 g/mol. The second kappa shape index (κ2) is 7.25. The Morgan fingerprint density at radius 1 is 1.39 bits per heavy atom.